The molecule has 0 N–H and O–H groups in total. The third-order valence-electron chi connectivity index (χ3n) is 15.0. The van der Waals surface area contributed by atoms with Gasteiger partial charge in [-0.25, -0.2) is 0 Å². The zero-order valence-electron chi connectivity index (χ0n) is 36.2. The predicted molar refractivity (Wildman–Crippen MR) is 266 cm³/mol. The molecule has 4 aliphatic carbocycles. The molecule has 0 fully saturated rings. The molecule has 0 saturated carbocycles. The highest BCUT2D eigenvalue weighted by atomic mass is 16.5. The van der Waals surface area contributed by atoms with Crippen molar-refractivity contribution in [2.75, 3.05) is 4.90 Å². The minimum Gasteiger partial charge on any atom is -0.457 e. The fraction of sp³-hybridized carbons (Fsp3) is 0.129. The van der Waals surface area contributed by atoms with E-state index in [-0.39, 0.29) is 11.5 Å². The highest BCUT2D eigenvalue weighted by Crippen LogP contribution is 2.62. The number of hydrogen-bond donors (Lipinski definition) is 0. The van der Waals surface area contributed by atoms with Crippen LogP contribution in [0.4, 0.5) is 11.4 Å². The molecule has 1 spiro atoms. The van der Waals surface area contributed by atoms with Gasteiger partial charge in [-0.3, -0.25) is 0 Å². The van der Waals surface area contributed by atoms with Gasteiger partial charge in [-0.15, -0.1) is 0 Å². The summed E-state index contributed by atoms with van der Waals surface area (Å²) in [5.41, 5.74) is 20.4. The lowest BCUT2D eigenvalue weighted by atomic mass is 9.66. The Morgan fingerprint density at radius 2 is 1.30 bits per heavy atom. The van der Waals surface area contributed by atoms with Gasteiger partial charge in [-0.2, -0.15) is 0 Å². The quantitative estimate of drug-likeness (QED) is 0.171. The highest BCUT2D eigenvalue weighted by Gasteiger charge is 2.51. The molecule has 1 atom stereocenters. The van der Waals surface area contributed by atoms with Gasteiger partial charge in [0.1, 0.15) is 11.5 Å². The minimum absolute atomic E-state index is 0.0419. The van der Waals surface area contributed by atoms with Crippen LogP contribution in [0.1, 0.15) is 72.1 Å². The van der Waals surface area contributed by atoms with Crippen molar-refractivity contribution in [2.24, 2.45) is 0 Å². The molecular formula is C62H47NO. The third kappa shape index (κ3) is 5.26. The topological polar surface area (TPSA) is 12.5 Å². The lowest BCUT2D eigenvalue weighted by Gasteiger charge is -2.39. The van der Waals surface area contributed by atoms with Crippen LogP contribution in [-0.2, 0) is 10.8 Å². The second kappa shape index (κ2) is 14.0. The Kier molecular flexibility index (Phi) is 8.15. The van der Waals surface area contributed by atoms with E-state index in [4.69, 9.17) is 4.74 Å². The van der Waals surface area contributed by atoms with E-state index in [9.17, 15) is 0 Å². The molecule has 0 amide bonds. The van der Waals surface area contributed by atoms with Crippen LogP contribution in [0.2, 0.25) is 0 Å². The first-order chi connectivity index (χ1) is 31.5. The molecule has 8 aromatic rings. The van der Waals surface area contributed by atoms with Gasteiger partial charge in [0.2, 0.25) is 0 Å². The van der Waals surface area contributed by atoms with E-state index in [1.54, 1.807) is 5.57 Å². The maximum Gasteiger partial charge on any atom is 0.132 e. The Balaban J connectivity index is 0.965. The van der Waals surface area contributed by atoms with E-state index >= 15 is 0 Å². The fourth-order valence-electron chi connectivity index (χ4n) is 12.2. The number of rotatable bonds is 5. The molecule has 306 valence electrons. The van der Waals surface area contributed by atoms with Crippen LogP contribution >= 0.6 is 0 Å². The van der Waals surface area contributed by atoms with Crippen LogP contribution in [0.15, 0.2) is 212 Å². The molecule has 0 radical (unpaired) electrons. The van der Waals surface area contributed by atoms with E-state index in [0.29, 0.717) is 0 Å². The van der Waals surface area contributed by atoms with Crippen LogP contribution in [0.3, 0.4) is 0 Å². The Labute approximate surface area is 375 Å². The molecule has 0 bridgehead atoms. The average molecular weight is 822 g/mol. The Bertz CT molecular complexity index is 3330. The lowest BCUT2D eigenvalue weighted by Crippen LogP contribution is -2.32. The van der Waals surface area contributed by atoms with E-state index in [1.807, 2.05) is 0 Å². The van der Waals surface area contributed by atoms with E-state index < -0.39 is 5.41 Å². The molecule has 64 heavy (non-hydrogen) atoms. The van der Waals surface area contributed by atoms with Crippen LogP contribution < -0.4 is 9.64 Å². The normalized spacial score (nSPS) is 17.8. The summed E-state index contributed by atoms with van der Waals surface area (Å²) in [6.45, 7) is 4.86. The fourth-order valence-corrected chi connectivity index (χ4v) is 12.2. The second-order valence-corrected chi connectivity index (χ2v) is 18.6. The summed E-state index contributed by atoms with van der Waals surface area (Å²) in [5.74, 6) is 1.84. The van der Waals surface area contributed by atoms with Crippen molar-refractivity contribution < 1.29 is 4.74 Å². The first kappa shape index (κ1) is 37.2. The monoisotopic (exact) mass is 821 g/mol. The first-order valence-electron chi connectivity index (χ1n) is 22.9. The summed E-state index contributed by atoms with van der Waals surface area (Å²) >= 11 is 0. The van der Waals surface area contributed by atoms with Gasteiger partial charge in [0.05, 0.1) is 17.1 Å². The van der Waals surface area contributed by atoms with Crippen LogP contribution in [-0.4, -0.2) is 6.04 Å². The average Bonchev–Trinajstić information content (AvgIpc) is 3.76. The smallest absolute Gasteiger partial charge is 0.132 e. The largest absolute Gasteiger partial charge is 0.457 e. The zero-order chi connectivity index (χ0) is 42.6. The Morgan fingerprint density at radius 3 is 2.12 bits per heavy atom. The first-order valence-corrected chi connectivity index (χ1v) is 22.9. The van der Waals surface area contributed by atoms with Gasteiger partial charge in [0.25, 0.3) is 0 Å². The van der Waals surface area contributed by atoms with Crippen molar-refractivity contribution in [2.45, 2.75) is 50.0 Å². The Hall–Kier alpha value is -7.42. The highest BCUT2D eigenvalue weighted by molar-refractivity contribution is 6.04. The number of hydrogen-bond acceptors (Lipinski definition) is 2. The number of fused-ring (bicyclic) bond motifs is 12. The molecule has 2 nitrogen and oxygen atoms in total. The summed E-state index contributed by atoms with van der Waals surface area (Å²) in [4.78, 5) is 2.65. The predicted octanol–water partition coefficient (Wildman–Crippen LogP) is 15.9. The lowest BCUT2D eigenvalue weighted by molar-refractivity contribution is 0.436. The number of ether oxygens (including phenoxy) is 1. The molecule has 2 heteroatoms. The third-order valence-corrected chi connectivity index (χ3v) is 15.0. The van der Waals surface area contributed by atoms with Crippen molar-refractivity contribution in [3.8, 4) is 33.8 Å². The number of anilines is 2. The summed E-state index contributed by atoms with van der Waals surface area (Å²) < 4.78 is 6.61. The van der Waals surface area contributed by atoms with Gasteiger partial charge in [-0.1, -0.05) is 189 Å². The number of para-hydroxylation sites is 2. The van der Waals surface area contributed by atoms with E-state index in [0.717, 1.165) is 30.8 Å². The van der Waals surface area contributed by atoms with Gasteiger partial charge in [0, 0.05) is 27.8 Å². The van der Waals surface area contributed by atoms with Crippen LogP contribution in [0.25, 0.3) is 44.2 Å². The minimum atomic E-state index is -0.481. The second-order valence-electron chi connectivity index (χ2n) is 18.6. The molecular weight excluding hydrogens is 775 g/mol. The van der Waals surface area contributed by atoms with E-state index in [2.05, 4.69) is 225 Å². The van der Waals surface area contributed by atoms with Gasteiger partial charge in [0.15, 0.2) is 0 Å². The number of nitrogens with zero attached hydrogens (tertiary/aromatic N) is 1. The molecule has 0 saturated heterocycles. The van der Waals surface area contributed by atoms with E-state index in [1.165, 1.54) is 94.5 Å². The summed E-state index contributed by atoms with van der Waals surface area (Å²) in [7, 11) is 0. The maximum atomic E-state index is 6.61. The molecule has 1 heterocycles. The van der Waals surface area contributed by atoms with Gasteiger partial charge in [-0.05, 0) is 122 Å². The zero-order valence-corrected chi connectivity index (χ0v) is 36.2. The standard InChI is InChI=1S/C62H47NO/c1-61(2)51-25-10-8-23-47(51)49-34-33-45(39-56(49)61)63(57-36-32-40-17-6-7-22-46(40)60(57)41-18-4-3-5-19-41)44-21-16-20-42(37-44)43-31-35-53-50(38-43)48-24-9-11-26-52(48)62(53)54-27-12-14-29-58(54)64-59-30-15-13-28-55(59)62/h3-9,11-24,26-36,38-39,44H,10,25,37H2,1-2H3. The number of allylic oxidation sites excluding steroid dienone is 6. The molecule has 1 aliphatic heterocycles. The summed E-state index contributed by atoms with van der Waals surface area (Å²) in [6.07, 6.45) is 14.9. The van der Waals surface area contributed by atoms with Crippen molar-refractivity contribution in [3.63, 3.8) is 0 Å². The van der Waals surface area contributed by atoms with Crippen molar-refractivity contribution >= 4 is 33.3 Å². The summed E-state index contributed by atoms with van der Waals surface area (Å²) in [5, 5.41) is 2.51. The van der Waals surface area contributed by atoms with Crippen LogP contribution in [0, 0.1) is 0 Å². The molecule has 1 unspecified atom stereocenters. The van der Waals surface area contributed by atoms with Crippen LogP contribution in [0.5, 0.6) is 11.5 Å². The van der Waals surface area contributed by atoms with Crippen molar-refractivity contribution in [3.05, 3.63) is 251 Å². The number of benzene rings is 8. The molecule has 0 aromatic heterocycles. The Morgan fingerprint density at radius 1 is 0.578 bits per heavy atom. The summed E-state index contributed by atoms with van der Waals surface area (Å²) in [6, 6.07) is 65.5. The molecule has 13 rings (SSSR count). The van der Waals surface area contributed by atoms with Gasteiger partial charge < -0.3 is 9.64 Å². The SMILES string of the molecule is CC1(C)C2=C(C=CCC2)c2ccc(N(c3ccc4ccccc4c3-c3ccccc3)C3C=CC=C(c4ccc5c(c4)-c4ccccc4C54c5ccccc5Oc5ccccc54)C3)cc21. The van der Waals surface area contributed by atoms with Crippen molar-refractivity contribution in [1.82, 2.24) is 0 Å². The maximum absolute atomic E-state index is 6.61. The molecule has 5 aliphatic rings. The van der Waals surface area contributed by atoms with Gasteiger partial charge >= 0.3 is 0 Å². The van der Waals surface area contributed by atoms with Crippen molar-refractivity contribution in [1.29, 1.82) is 0 Å². The molecule has 8 aromatic carbocycles.